The minimum atomic E-state index is -0.154. The molecule has 1 saturated heterocycles. The minimum Gasteiger partial charge on any atom is -0.384 e. The van der Waals surface area contributed by atoms with Crippen molar-refractivity contribution in [3.63, 3.8) is 0 Å². The Balaban J connectivity index is 1.72. The van der Waals surface area contributed by atoms with E-state index < -0.39 is 0 Å². The normalized spacial score (nSPS) is 18.8. The largest absolute Gasteiger partial charge is 0.384 e. The molecule has 1 heterocycles. The van der Waals surface area contributed by atoms with E-state index in [9.17, 15) is 4.39 Å². The van der Waals surface area contributed by atoms with E-state index in [1.165, 1.54) is 17.8 Å². The van der Waals surface area contributed by atoms with Crippen molar-refractivity contribution >= 4 is 17.7 Å². The zero-order valence-corrected chi connectivity index (χ0v) is 14.0. The fraction of sp³-hybridized carbons (Fsp3) is 0.562. The Morgan fingerprint density at radius 3 is 3.05 bits per heavy atom. The van der Waals surface area contributed by atoms with E-state index >= 15 is 0 Å². The number of thioether (sulfide) groups is 1. The van der Waals surface area contributed by atoms with E-state index in [1.54, 1.807) is 20.2 Å². The number of methoxy groups -OCH3 is 1. The Hall–Kier alpha value is -1.27. The van der Waals surface area contributed by atoms with Gasteiger partial charge in [0.2, 0.25) is 0 Å². The van der Waals surface area contributed by atoms with Crippen LogP contribution in [-0.4, -0.2) is 57.0 Å². The fourth-order valence-corrected chi connectivity index (χ4v) is 3.42. The zero-order chi connectivity index (χ0) is 15.8. The Morgan fingerprint density at radius 2 is 2.32 bits per heavy atom. The van der Waals surface area contributed by atoms with Gasteiger partial charge in [-0.05, 0) is 18.6 Å². The van der Waals surface area contributed by atoms with Gasteiger partial charge in [0.15, 0.2) is 5.96 Å². The standard InChI is InChI=1S/C16H24FN3OS/c1-18-16(20-9-7-13(11-20)12-21-2)19-8-10-22-15-6-4-3-5-14(15)17/h3-6,13H,7-12H2,1-2H3,(H,18,19). The van der Waals surface area contributed by atoms with Gasteiger partial charge in [-0.2, -0.15) is 0 Å². The molecule has 1 atom stereocenters. The predicted molar refractivity (Wildman–Crippen MR) is 90.0 cm³/mol. The molecule has 0 spiro atoms. The summed E-state index contributed by atoms with van der Waals surface area (Å²) in [4.78, 5) is 7.29. The highest BCUT2D eigenvalue weighted by Gasteiger charge is 2.24. The lowest BCUT2D eigenvalue weighted by molar-refractivity contribution is 0.157. The second kappa shape index (κ2) is 9.00. The third-order valence-electron chi connectivity index (χ3n) is 3.68. The molecule has 4 nitrogen and oxygen atoms in total. The third-order valence-corrected chi connectivity index (χ3v) is 4.73. The summed E-state index contributed by atoms with van der Waals surface area (Å²) in [6.45, 7) is 3.55. The first-order chi connectivity index (χ1) is 10.7. The first-order valence-corrected chi connectivity index (χ1v) is 8.55. The molecular formula is C16H24FN3OS. The summed E-state index contributed by atoms with van der Waals surface area (Å²) in [6.07, 6.45) is 1.14. The SMILES string of the molecule is CN=C(NCCSc1ccccc1F)N1CCC(COC)C1. The van der Waals surface area contributed by atoms with Gasteiger partial charge >= 0.3 is 0 Å². The molecule has 1 fully saturated rings. The summed E-state index contributed by atoms with van der Waals surface area (Å²) in [5.41, 5.74) is 0. The van der Waals surface area contributed by atoms with Gasteiger partial charge in [0, 0.05) is 50.4 Å². The molecule has 6 heteroatoms. The molecule has 1 aromatic rings. The molecule has 1 aliphatic rings. The lowest BCUT2D eigenvalue weighted by Crippen LogP contribution is -2.41. The predicted octanol–water partition coefficient (Wildman–Crippen LogP) is 2.46. The summed E-state index contributed by atoms with van der Waals surface area (Å²) in [6, 6.07) is 6.88. The van der Waals surface area contributed by atoms with Gasteiger partial charge in [-0.15, -0.1) is 11.8 Å². The van der Waals surface area contributed by atoms with Crippen molar-refractivity contribution < 1.29 is 9.13 Å². The van der Waals surface area contributed by atoms with Crippen LogP contribution < -0.4 is 5.32 Å². The summed E-state index contributed by atoms with van der Waals surface area (Å²) in [5.74, 6) is 2.15. The van der Waals surface area contributed by atoms with Crippen molar-refractivity contribution in [2.45, 2.75) is 11.3 Å². The molecule has 1 N–H and O–H groups in total. The number of hydrogen-bond donors (Lipinski definition) is 1. The third kappa shape index (κ3) is 4.88. The van der Waals surface area contributed by atoms with E-state index in [-0.39, 0.29) is 5.82 Å². The number of halogens is 1. The maximum absolute atomic E-state index is 13.5. The number of nitrogens with one attached hydrogen (secondary N) is 1. The van der Waals surface area contributed by atoms with Crippen molar-refractivity contribution in [3.05, 3.63) is 30.1 Å². The molecule has 1 aliphatic heterocycles. The molecule has 0 saturated carbocycles. The van der Waals surface area contributed by atoms with E-state index in [0.29, 0.717) is 10.8 Å². The lowest BCUT2D eigenvalue weighted by atomic mass is 10.1. The zero-order valence-electron chi connectivity index (χ0n) is 13.2. The number of nitrogens with zero attached hydrogens (tertiary/aromatic N) is 2. The van der Waals surface area contributed by atoms with Crippen LogP contribution in [0.5, 0.6) is 0 Å². The fourth-order valence-electron chi connectivity index (χ4n) is 2.61. The summed E-state index contributed by atoms with van der Waals surface area (Å²) in [5, 5.41) is 3.36. The van der Waals surface area contributed by atoms with Crippen molar-refractivity contribution in [2.24, 2.45) is 10.9 Å². The molecule has 0 aromatic heterocycles. The minimum absolute atomic E-state index is 0.154. The van der Waals surface area contributed by atoms with Crippen LogP contribution in [0.2, 0.25) is 0 Å². The quantitative estimate of drug-likeness (QED) is 0.377. The molecular weight excluding hydrogens is 301 g/mol. The monoisotopic (exact) mass is 325 g/mol. The Bertz CT molecular complexity index is 498. The summed E-state index contributed by atoms with van der Waals surface area (Å²) in [7, 11) is 3.55. The van der Waals surface area contributed by atoms with Crippen molar-refractivity contribution in [3.8, 4) is 0 Å². The average molecular weight is 325 g/mol. The van der Waals surface area contributed by atoms with Gasteiger partial charge in [-0.25, -0.2) is 4.39 Å². The lowest BCUT2D eigenvalue weighted by Gasteiger charge is -2.21. The smallest absolute Gasteiger partial charge is 0.193 e. The molecule has 0 radical (unpaired) electrons. The molecule has 22 heavy (non-hydrogen) atoms. The Morgan fingerprint density at radius 1 is 1.50 bits per heavy atom. The van der Waals surface area contributed by atoms with Gasteiger partial charge in [0.1, 0.15) is 5.82 Å². The van der Waals surface area contributed by atoms with E-state index in [1.807, 2.05) is 12.1 Å². The highest BCUT2D eigenvalue weighted by molar-refractivity contribution is 7.99. The van der Waals surface area contributed by atoms with Crippen LogP contribution in [0.1, 0.15) is 6.42 Å². The van der Waals surface area contributed by atoms with Crippen LogP contribution in [0, 0.1) is 11.7 Å². The van der Waals surface area contributed by atoms with E-state index in [4.69, 9.17) is 4.74 Å². The van der Waals surface area contributed by atoms with E-state index in [0.717, 1.165) is 44.4 Å². The van der Waals surface area contributed by atoms with Crippen molar-refractivity contribution in [1.29, 1.82) is 0 Å². The first-order valence-electron chi connectivity index (χ1n) is 7.56. The van der Waals surface area contributed by atoms with Gasteiger partial charge in [0.05, 0.1) is 6.61 Å². The van der Waals surface area contributed by atoms with Crippen molar-refractivity contribution in [1.82, 2.24) is 10.2 Å². The number of benzene rings is 1. The van der Waals surface area contributed by atoms with Gasteiger partial charge in [-0.3, -0.25) is 4.99 Å². The second-order valence-electron chi connectivity index (χ2n) is 5.31. The average Bonchev–Trinajstić information content (AvgIpc) is 2.98. The molecule has 1 unspecified atom stereocenters. The van der Waals surface area contributed by atoms with Crippen LogP contribution in [0.4, 0.5) is 4.39 Å². The van der Waals surface area contributed by atoms with Gasteiger partial charge in [-0.1, -0.05) is 12.1 Å². The first kappa shape index (κ1) is 17.1. The molecule has 0 bridgehead atoms. The molecule has 0 amide bonds. The van der Waals surface area contributed by atoms with Crippen LogP contribution in [0.15, 0.2) is 34.2 Å². The van der Waals surface area contributed by atoms with Gasteiger partial charge < -0.3 is 15.0 Å². The number of ether oxygens (including phenoxy) is 1. The number of likely N-dealkylation sites (tertiary alicyclic amines) is 1. The number of hydrogen-bond acceptors (Lipinski definition) is 3. The maximum Gasteiger partial charge on any atom is 0.193 e. The Labute approximate surface area is 136 Å². The topological polar surface area (TPSA) is 36.9 Å². The van der Waals surface area contributed by atoms with E-state index in [2.05, 4.69) is 15.2 Å². The summed E-state index contributed by atoms with van der Waals surface area (Å²) >= 11 is 1.52. The molecule has 0 aliphatic carbocycles. The Kier molecular flexibility index (Phi) is 6.99. The van der Waals surface area contributed by atoms with Gasteiger partial charge in [0.25, 0.3) is 0 Å². The van der Waals surface area contributed by atoms with Crippen LogP contribution in [-0.2, 0) is 4.74 Å². The van der Waals surface area contributed by atoms with Crippen LogP contribution in [0.25, 0.3) is 0 Å². The van der Waals surface area contributed by atoms with Crippen LogP contribution in [0.3, 0.4) is 0 Å². The van der Waals surface area contributed by atoms with Crippen LogP contribution >= 0.6 is 11.8 Å². The number of aliphatic imine (C=N–C) groups is 1. The summed E-state index contributed by atoms with van der Waals surface area (Å²) < 4.78 is 18.7. The molecule has 1 aromatic carbocycles. The highest BCUT2D eigenvalue weighted by atomic mass is 32.2. The molecule has 2 rings (SSSR count). The highest BCUT2D eigenvalue weighted by Crippen LogP contribution is 2.20. The second-order valence-corrected chi connectivity index (χ2v) is 6.45. The van der Waals surface area contributed by atoms with Crippen molar-refractivity contribution in [2.75, 3.05) is 46.2 Å². The number of rotatable bonds is 6. The number of guanidine groups is 1. The molecule has 122 valence electrons. The maximum atomic E-state index is 13.5.